The molecule has 0 aliphatic heterocycles. The third-order valence-electron chi connectivity index (χ3n) is 2.46. The fraction of sp³-hybridized carbons (Fsp3) is 0.0833. The third-order valence-corrected chi connectivity index (χ3v) is 2.46. The van der Waals surface area contributed by atoms with Crippen LogP contribution in [0.4, 0.5) is 11.4 Å². The molecular weight excluding hydrogens is 234 g/mol. The summed E-state index contributed by atoms with van der Waals surface area (Å²) in [4.78, 5) is 24.2. The quantitative estimate of drug-likeness (QED) is 0.478. The summed E-state index contributed by atoms with van der Waals surface area (Å²) in [7, 11) is 0. The highest BCUT2D eigenvalue weighted by atomic mass is 16.6. The van der Waals surface area contributed by atoms with Crippen LogP contribution in [0, 0.1) is 17.0 Å². The Labute approximate surface area is 102 Å². The normalized spacial score (nSPS) is 10.3. The third kappa shape index (κ3) is 2.37. The summed E-state index contributed by atoms with van der Waals surface area (Å²) in [6, 6.07) is 7.39. The summed E-state index contributed by atoms with van der Waals surface area (Å²) in [5, 5.41) is 10.8. The summed E-state index contributed by atoms with van der Waals surface area (Å²) in [5.41, 5.74) is 7.40. The number of hydrogen-bond donors (Lipinski definition) is 2. The molecule has 6 heteroatoms. The first-order valence-corrected chi connectivity index (χ1v) is 5.22. The predicted octanol–water partition coefficient (Wildman–Crippen LogP) is 1.84. The van der Waals surface area contributed by atoms with E-state index in [4.69, 9.17) is 5.73 Å². The van der Waals surface area contributed by atoms with Crippen molar-refractivity contribution >= 4 is 11.4 Å². The van der Waals surface area contributed by atoms with Gasteiger partial charge in [-0.15, -0.1) is 0 Å². The van der Waals surface area contributed by atoms with E-state index in [2.05, 4.69) is 4.98 Å². The Kier molecular flexibility index (Phi) is 2.85. The number of aryl methyl sites for hydroxylation is 1. The average molecular weight is 245 g/mol. The van der Waals surface area contributed by atoms with Gasteiger partial charge in [-0.1, -0.05) is 0 Å². The topological polar surface area (TPSA) is 102 Å². The van der Waals surface area contributed by atoms with Gasteiger partial charge in [-0.25, -0.2) is 0 Å². The Balaban J connectivity index is 2.63. The van der Waals surface area contributed by atoms with E-state index >= 15 is 0 Å². The van der Waals surface area contributed by atoms with Crippen LogP contribution >= 0.6 is 0 Å². The lowest BCUT2D eigenvalue weighted by molar-refractivity contribution is -0.384. The van der Waals surface area contributed by atoms with Gasteiger partial charge >= 0.3 is 0 Å². The van der Waals surface area contributed by atoms with Crippen molar-refractivity contribution in [3.05, 3.63) is 56.5 Å². The van der Waals surface area contributed by atoms with Gasteiger partial charge in [0.25, 0.3) is 5.69 Å². The second-order valence-electron chi connectivity index (χ2n) is 3.99. The smallest absolute Gasteiger partial charge is 0.272 e. The zero-order valence-corrected chi connectivity index (χ0v) is 9.64. The van der Waals surface area contributed by atoms with E-state index in [0.717, 1.165) is 0 Å². The highest BCUT2D eigenvalue weighted by Gasteiger charge is 2.10. The van der Waals surface area contributed by atoms with Gasteiger partial charge in [-0.3, -0.25) is 14.9 Å². The first-order chi connectivity index (χ1) is 8.45. The number of hydrogen-bond acceptors (Lipinski definition) is 4. The highest BCUT2D eigenvalue weighted by molar-refractivity contribution is 5.70. The number of nitrogens with zero attached hydrogens (tertiary/aromatic N) is 1. The molecular formula is C12H11N3O3. The average Bonchev–Trinajstić information content (AvgIpc) is 2.26. The van der Waals surface area contributed by atoms with E-state index in [9.17, 15) is 14.9 Å². The van der Waals surface area contributed by atoms with Gasteiger partial charge in [0.1, 0.15) is 0 Å². The lowest BCUT2D eigenvalue weighted by Gasteiger charge is -2.04. The van der Waals surface area contributed by atoms with Crippen LogP contribution in [0.5, 0.6) is 0 Å². The maximum atomic E-state index is 11.4. The number of rotatable bonds is 2. The molecule has 3 N–H and O–H groups in total. The number of aromatic nitrogens is 1. The van der Waals surface area contributed by atoms with Crippen molar-refractivity contribution in [3.63, 3.8) is 0 Å². The number of pyridine rings is 1. The monoisotopic (exact) mass is 245 g/mol. The molecule has 2 aromatic rings. The van der Waals surface area contributed by atoms with E-state index in [1.165, 1.54) is 18.2 Å². The molecule has 0 saturated heterocycles. The SMILES string of the molecule is Cc1cc(-c2cc(N)cc([N+](=O)[O-])c2)cc(=O)[nH]1. The maximum Gasteiger partial charge on any atom is 0.272 e. The van der Waals surface area contributed by atoms with Crippen molar-refractivity contribution in [3.8, 4) is 11.1 Å². The number of nitro benzene ring substituents is 1. The molecule has 0 spiro atoms. The van der Waals surface area contributed by atoms with Crippen molar-refractivity contribution in [1.82, 2.24) is 4.98 Å². The number of aromatic amines is 1. The van der Waals surface area contributed by atoms with E-state index in [0.29, 0.717) is 16.8 Å². The summed E-state index contributed by atoms with van der Waals surface area (Å²) in [5.74, 6) is 0. The molecule has 0 aliphatic carbocycles. The number of nitrogen functional groups attached to an aromatic ring is 1. The van der Waals surface area contributed by atoms with E-state index in [1.54, 1.807) is 19.1 Å². The Morgan fingerprint density at radius 2 is 1.83 bits per heavy atom. The van der Waals surface area contributed by atoms with Crippen LogP contribution in [-0.2, 0) is 0 Å². The Bertz CT molecular complexity index is 677. The number of H-pyrrole nitrogens is 1. The van der Waals surface area contributed by atoms with Gasteiger partial charge in [0.05, 0.1) is 4.92 Å². The fourth-order valence-electron chi connectivity index (χ4n) is 1.76. The molecule has 6 nitrogen and oxygen atoms in total. The van der Waals surface area contributed by atoms with Crippen LogP contribution in [0.2, 0.25) is 0 Å². The maximum absolute atomic E-state index is 11.4. The molecule has 1 heterocycles. The first kappa shape index (κ1) is 11.8. The number of non-ortho nitro benzene ring substituents is 1. The number of benzene rings is 1. The Morgan fingerprint density at radius 3 is 2.44 bits per heavy atom. The molecule has 0 aliphatic rings. The van der Waals surface area contributed by atoms with Gasteiger partial charge in [-0.05, 0) is 30.2 Å². The number of nitrogens with one attached hydrogen (secondary N) is 1. The summed E-state index contributed by atoms with van der Waals surface area (Å²) in [6.45, 7) is 1.74. The first-order valence-electron chi connectivity index (χ1n) is 5.22. The van der Waals surface area contributed by atoms with Crippen LogP contribution in [0.1, 0.15) is 5.69 Å². The summed E-state index contributed by atoms with van der Waals surface area (Å²) in [6.07, 6.45) is 0. The van der Waals surface area contributed by atoms with Crippen LogP contribution in [0.3, 0.4) is 0 Å². The molecule has 0 atom stereocenters. The fourth-order valence-corrected chi connectivity index (χ4v) is 1.76. The van der Waals surface area contributed by atoms with Gasteiger partial charge in [0.2, 0.25) is 5.56 Å². The van der Waals surface area contributed by atoms with Crippen LogP contribution in [0.25, 0.3) is 11.1 Å². The second kappa shape index (κ2) is 4.33. The molecule has 0 amide bonds. The van der Waals surface area contributed by atoms with Gasteiger partial charge in [-0.2, -0.15) is 0 Å². The molecule has 1 aromatic heterocycles. The molecule has 92 valence electrons. The zero-order valence-electron chi connectivity index (χ0n) is 9.64. The molecule has 1 aromatic carbocycles. The Hall–Kier alpha value is -2.63. The van der Waals surface area contributed by atoms with Crippen molar-refractivity contribution in [2.75, 3.05) is 5.73 Å². The number of nitro groups is 1. The molecule has 0 radical (unpaired) electrons. The van der Waals surface area contributed by atoms with Crippen LogP contribution in [-0.4, -0.2) is 9.91 Å². The van der Waals surface area contributed by atoms with Crippen LogP contribution < -0.4 is 11.3 Å². The zero-order chi connectivity index (χ0) is 13.3. The minimum Gasteiger partial charge on any atom is -0.399 e. The van der Waals surface area contributed by atoms with Gasteiger partial charge in [0.15, 0.2) is 0 Å². The number of nitrogens with two attached hydrogens (primary N) is 1. The molecule has 2 rings (SSSR count). The largest absolute Gasteiger partial charge is 0.399 e. The standard InChI is InChI=1S/C12H11N3O3/c1-7-2-8(5-12(16)14-7)9-3-10(13)6-11(4-9)15(17)18/h2-6H,13H2,1H3,(H,14,16). The van der Waals surface area contributed by atoms with E-state index < -0.39 is 4.92 Å². The lowest BCUT2D eigenvalue weighted by atomic mass is 10.0. The lowest BCUT2D eigenvalue weighted by Crippen LogP contribution is -2.05. The minimum absolute atomic E-state index is 0.0945. The highest BCUT2D eigenvalue weighted by Crippen LogP contribution is 2.26. The van der Waals surface area contributed by atoms with Crippen molar-refractivity contribution in [2.45, 2.75) is 6.92 Å². The molecule has 0 saturated carbocycles. The van der Waals surface area contributed by atoms with E-state index in [1.807, 2.05) is 0 Å². The van der Waals surface area contributed by atoms with Crippen LogP contribution in [0.15, 0.2) is 35.1 Å². The molecule has 0 bridgehead atoms. The van der Waals surface area contributed by atoms with Crippen molar-refractivity contribution < 1.29 is 4.92 Å². The van der Waals surface area contributed by atoms with Crippen molar-refractivity contribution in [2.24, 2.45) is 0 Å². The van der Waals surface area contributed by atoms with Crippen molar-refractivity contribution in [1.29, 1.82) is 0 Å². The molecule has 0 unspecified atom stereocenters. The summed E-state index contributed by atoms with van der Waals surface area (Å²) >= 11 is 0. The Morgan fingerprint density at radius 1 is 1.17 bits per heavy atom. The molecule has 18 heavy (non-hydrogen) atoms. The van der Waals surface area contributed by atoms with Gasteiger partial charge in [0, 0.05) is 29.6 Å². The second-order valence-corrected chi connectivity index (χ2v) is 3.99. The van der Waals surface area contributed by atoms with E-state index in [-0.39, 0.29) is 16.9 Å². The minimum atomic E-state index is -0.514. The summed E-state index contributed by atoms with van der Waals surface area (Å²) < 4.78 is 0. The predicted molar refractivity (Wildman–Crippen MR) is 68.3 cm³/mol. The number of anilines is 1. The molecule has 0 fully saturated rings. The van der Waals surface area contributed by atoms with Gasteiger partial charge < -0.3 is 10.7 Å².